The second-order valence-corrected chi connectivity index (χ2v) is 5.06. The normalized spacial score (nSPS) is 11.2. The van der Waals surface area contributed by atoms with Crippen LogP contribution >= 0.6 is 11.6 Å². The molecule has 2 aromatic carbocycles. The van der Waals surface area contributed by atoms with Crippen LogP contribution in [0.25, 0.3) is 11.0 Å². The van der Waals surface area contributed by atoms with E-state index in [1.807, 2.05) is 10.6 Å². The molecule has 2 nitrogen and oxygen atoms in total. The number of aromatic nitrogens is 2. The number of para-hydroxylation sites is 1. The van der Waals surface area contributed by atoms with Gasteiger partial charge in [-0.3, -0.25) is 0 Å². The van der Waals surface area contributed by atoms with E-state index in [1.54, 1.807) is 18.2 Å². The van der Waals surface area contributed by atoms with Gasteiger partial charge in [-0.2, -0.15) is 0 Å². The monoisotopic (exact) mass is 306 g/mol. The highest BCUT2D eigenvalue weighted by atomic mass is 35.5. The van der Waals surface area contributed by atoms with Gasteiger partial charge in [0.05, 0.1) is 11.4 Å². The Labute approximate surface area is 126 Å². The van der Waals surface area contributed by atoms with Crippen molar-refractivity contribution in [2.75, 3.05) is 0 Å². The summed E-state index contributed by atoms with van der Waals surface area (Å²) >= 11 is 5.90. The van der Waals surface area contributed by atoms with Crippen LogP contribution in [-0.2, 0) is 18.8 Å². The second kappa shape index (κ2) is 5.82. The number of rotatable bonds is 4. The van der Waals surface area contributed by atoms with Crippen molar-refractivity contribution < 1.29 is 8.78 Å². The van der Waals surface area contributed by atoms with E-state index in [0.717, 1.165) is 11.1 Å². The lowest BCUT2D eigenvalue weighted by molar-refractivity contribution is 0.625. The highest BCUT2D eigenvalue weighted by Gasteiger charge is 2.12. The third-order valence-electron chi connectivity index (χ3n) is 3.47. The summed E-state index contributed by atoms with van der Waals surface area (Å²) < 4.78 is 28.6. The Morgan fingerprint density at radius 2 is 1.81 bits per heavy atom. The fourth-order valence-electron chi connectivity index (χ4n) is 2.40. The summed E-state index contributed by atoms with van der Waals surface area (Å²) in [6.07, 6.45) is 0.701. The first-order valence-corrected chi connectivity index (χ1v) is 7.16. The molecule has 5 heteroatoms. The molecule has 0 amide bonds. The van der Waals surface area contributed by atoms with E-state index in [9.17, 15) is 8.78 Å². The van der Waals surface area contributed by atoms with Gasteiger partial charge in [0.1, 0.15) is 17.2 Å². The minimum atomic E-state index is -0.348. The van der Waals surface area contributed by atoms with Crippen molar-refractivity contribution >= 4 is 22.6 Å². The van der Waals surface area contributed by atoms with E-state index in [4.69, 9.17) is 11.6 Å². The molecule has 0 aliphatic rings. The van der Waals surface area contributed by atoms with Crippen LogP contribution in [0.2, 0.25) is 0 Å². The van der Waals surface area contributed by atoms with E-state index >= 15 is 0 Å². The molecule has 0 saturated carbocycles. The number of halogens is 3. The number of benzene rings is 2. The molecule has 0 atom stereocenters. The number of nitrogens with zero attached hydrogens (tertiary/aromatic N) is 2. The highest BCUT2D eigenvalue weighted by molar-refractivity contribution is 6.16. The van der Waals surface area contributed by atoms with Gasteiger partial charge in [0.2, 0.25) is 0 Å². The highest BCUT2D eigenvalue weighted by Crippen LogP contribution is 2.21. The molecule has 0 radical (unpaired) electrons. The van der Waals surface area contributed by atoms with Gasteiger partial charge in [-0.25, -0.2) is 13.8 Å². The molecule has 0 bridgehead atoms. The van der Waals surface area contributed by atoms with Crippen molar-refractivity contribution in [2.24, 2.45) is 0 Å². The molecular weight excluding hydrogens is 294 g/mol. The fourth-order valence-corrected chi connectivity index (χ4v) is 2.61. The zero-order chi connectivity index (χ0) is 14.8. The summed E-state index contributed by atoms with van der Waals surface area (Å²) in [5.74, 6) is 0.256. The lowest BCUT2D eigenvalue weighted by atomic mass is 10.1. The van der Waals surface area contributed by atoms with Crippen molar-refractivity contribution in [1.29, 1.82) is 0 Å². The minimum absolute atomic E-state index is 0.220. The first-order valence-electron chi connectivity index (χ1n) is 6.63. The smallest absolute Gasteiger partial charge is 0.151 e. The van der Waals surface area contributed by atoms with Crippen LogP contribution in [0.4, 0.5) is 8.78 Å². The van der Waals surface area contributed by atoms with Crippen LogP contribution in [0.3, 0.4) is 0 Å². The number of imidazole rings is 1. The van der Waals surface area contributed by atoms with E-state index in [-0.39, 0.29) is 17.5 Å². The number of hydrogen-bond acceptors (Lipinski definition) is 1. The Balaban J connectivity index is 1.92. The van der Waals surface area contributed by atoms with Gasteiger partial charge in [-0.1, -0.05) is 18.2 Å². The minimum Gasteiger partial charge on any atom is -0.327 e. The zero-order valence-electron chi connectivity index (χ0n) is 11.2. The van der Waals surface area contributed by atoms with Crippen LogP contribution < -0.4 is 0 Å². The van der Waals surface area contributed by atoms with Crippen LogP contribution in [0, 0.1) is 11.6 Å². The van der Waals surface area contributed by atoms with Gasteiger partial charge < -0.3 is 4.57 Å². The predicted octanol–water partition coefficient (Wildman–Crippen LogP) is 4.30. The van der Waals surface area contributed by atoms with Crippen LogP contribution in [-0.4, -0.2) is 9.55 Å². The molecule has 0 N–H and O–H groups in total. The van der Waals surface area contributed by atoms with E-state index < -0.39 is 0 Å². The molecule has 3 rings (SSSR count). The third-order valence-corrected chi connectivity index (χ3v) is 3.70. The summed E-state index contributed by atoms with van der Waals surface area (Å²) in [6.45, 7) is 0.619. The summed E-state index contributed by atoms with van der Waals surface area (Å²) in [5, 5.41) is 0. The topological polar surface area (TPSA) is 17.8 Å². The van der Waals surface area contributed by atoms with Gasteiger partial charge in [0.15, 0.2) is 5.82 Å². The van der Waals surface area contributed by atoms with Crippen molar-refractivity contribution in [3.63, 3.8) is 0 Å². The Hall–Kier alpha value is -1.94. The first kappa shape index (κ1) is 14.0. The van der Waals surface area contributed by atoms with Crippen LogP contribution in [0.15, 0.2) is 42.5 Å². The van der Waals surface area contributed by atoms with E-state index in [2.05, 4.69) is 4.98 Å². The number of hydrogen-bond donors (Lipinski definition) is 0. The molecule has 0 unspecified atom stereocenters. The maximum atomic E-state index is 13.8. The third kappa shape index (κ3) is 2.76. The molecule has 3 aromatic rings. The largest absolute Gasteiger partial charge is 0.327 e. The summed E-state index contributed by atoms with van der Waals surface area (Å²) in [6, 6.07) is 11.2. The summed E-state index contributed by atoms with van der Waals surface area (Å²) in [4.78, 5) is 4.25. The molecule has 1 heterocycles. The molecule has 21 heavy (non-hydrogen) atoms. The van der Waals surface area contributed by atoms with Crippen molar-refractivity contribution in [1.82, 2.24) is 9.55 Å². The molecule has 108 valence electrons. The predicted molar refractivity (Wildman–Crippen MR) is 79.4 cm³/mol. The first-order chi connectivity index (χ1) is 10.2. The lowest BCUT2D eigenvalue weighted by Gasteiger charge is -2.08. The molecule has 0 saturated heterocycles. The van der Waals surface area contributed by atoms with Crippen LogP contribution in [0.5, 0.6) is 0 Å². The summed E-state index contributed by atoms with van der Waals surface area (Å²) in [7, 11) is 0. The fraction of sp³-hybridized carbons (Fsp3) is 0.188. The second-order valence-electron chi connectivity index (χ2n) is 4.80. The van der Waals surface area contributed by atoms with E-state index in [1.165, 1.54) is 18.2 Å². The maximum absolute atomic E-state index is 13.8. The van der Waals surface area contributed by atoms with Gasteiger partial charge in [-0.05, 0) is 36.2 Å². The quantitative estimate of drug-likeness (QED) is 0.657. The van der Waals surface area contributed by atoms with E-state index in [0.29, 0.717) is 24.3 Å². The molecule has 0 fully saturated rings. The molecule has 0 spiro atoms. The zero-order valence-corrected chi connectivity index (χ0v) is 11.9. The van der Waals surface area contributed by atoms with Gasteiger partial charge in [0.25, 0.3) is 0 Å². The molecular formula is C16H13ClF2N2. The maximum Gasteiger partial charge on any atom is 0.151 e. The van der Waals surface area contributed by atoms with Crippen LogP contribution in [0.1, 0.15) is 11.4 Å². The molecule has 1 aromatic heterocycles. The lowest BCUT2D eigenvalue weighted by Crippen LogP contribution is -2.05. The van der Waals surface area contributed by atoms with Gasteiger partial charge in [-0.15, -0.1) is 11.6 Å². The number of aryl methyl sites for hydroxylation is 2. The van der Waals surface area contributed by atoms with Crippen molar-refractivity contribution in [3.8, 4) is 0 Å². The van der Waals surface area contributed by atoms with Gasteiger partial charge >= 0.3 is 0 Å². The Morgan fingerprint density at radius 1 is 1.05 bits per heavy atom. The Morgan fingerprint density at radius 3 is 2.52 bits per heavy atom. The van der Waals surface area contributed by atoms with Crippen molar-refractivity contribution in [3.05, 3.63) is 65.5 Å². The summed E-state index contributed by atoms with van der Waals surface area (Å²) in [5.41, 5.74) is 2.08. The average Bonchev–Trinajstić information content (AvgIpc) is 2.86. The van der Waals surface area contributed by atoms with Crippen molar-refractivity contribution in [2.45, 2.75) is 18.8 Å². The molecule has 0 aliphatic heterocycles. The average molecular weight is 307 g/mol. The molecule has 0 aliphatic carbocycles. The Kier molecular flexibility index (Phi) is 3.88. The SMILES string of the molecule is Fc1ccc(CCn2c(CCl)nc3c(F)cccc32)cc1. The number of alkyl halides is 1. The number of fused-ring (bicyclic) bond motifs is 1. The van der Waals surface area contributed by atoms with Gasteiger partial charge in [0, 0.05) is 6.54 Å². The Bertz CT molecular complexity index is 766. The standard InChI is InChI=1S/C16H13ClF2N2/c17-10-15-20-16-13(19)2-1-3-14(16)21(15)9-8-11-4-6-12(18)7-5-11/h1-7H,8-10H2.